The molecule has 1 atom stereocenters. The second-order valence-electron chi connectivity index (χ2n) is 9.95. The molecule has 2 saturated heterocycles. The summed E-state index contributed by atoms with van der Waals surface area (Å²) < 4.78 is 0. The number of piperidine rings is 1. The van der Waals surface area contributed by atoms with E-state index in [9.17, 15) is 4.79 Å². The lowest BCUT2D eigenvalue weighted by Crippen LogP contribution is -2.52. The zero-order chi connectivity index (χ0) is 22.3. The number of benzene rings is 1. The first kappa shape index (κ1) is 24.1. The third kappa shape index (κ3) is 6.99. The van der Waals surface area contributed by atoms with Crippen LogP contribution in [0.2, 0.25) is 10.0 Å². The van der Waals surface area contributed by atoms with E-state index in [0.717, 1.165) is 38.0 Å². The predicted molar refractivity (Wildman–Crippen MR) is 134 cm³/mol. The molecule has 1 aromatic carbocycles. The fourth-order valence-electron chi connectivity index (χ4n) is 5.62. The number of nitrogens with one attached hydrogen (secondary N) is 1. The molecule has 0 unspecified atom stereocenters. The Kier molecular flexibility index (Phi) is 8.98. The van der Waals surface area contributed by atoms with Crippen molar-refractivity contribution in [3.05, 3.63) is 28.2 Å². The SMILES string of the molecule is O=C(Nc1ccc(Cl)c(Cl)c1)N1CCN(C[C@@H]2CCCN(CCC3CCCCC3)C2)CC1. The normalized spacial score (nSPS) is 23.9. The number of halogens is 2. The molecule has 1 saturated carbocycles. The van der Waals surface area contributed by atoms with Gasteiger partial charge in [0, 0.05) is 45.0 Å². The van der Waals surface area contributed by atoms with Crippen molar-refractivity contribution in [2.24, 2.45) is 11.8 Å². The van der Waals surface area contributed by atoms with Gasteiger partial charge in [0.15, 0.2) is 0 Å². The molecule has 4 rings (SSSR count). The zero-order valence-corrected chi connectivity index (χ0v) is 20.7. The smallest absolute Gasteiger partial charge is 0.321 e. The van der Waals surface area contributed by atoms with Crippen molar-refractivity contribution in [2.75, 3.05) is 57.7 Å². The van der Waals surface area contributed by atoms with E-state index in [1.165, 1.54) is 77.5 Å². The average Bonchev–Trinajstić information content (AvgIpc) is 2.81. The molecule has 178 valence electrons. The Bertz CT molecular complexity index is 747. The van der Waals surface area contributed by atoms with Gasteiger partial charge in [0.05, 0.1) is 10.0 Å². The number of rotatable bonds is 6. The van der Waals surface area contributed by atoms with Gasteiger partial charge in [0.2, 0.25) is 0 Å². The maximum Gasteiger partial charge on any atom is 0.321 e. The number of nitrogens with zero attached hydrogens (tertiary/aromatic N) is 3. The van der Waals surface area contributed by atoms with Crippen LogP contribution in [-0.2, 0) is 0 Å². The van der Waals surface area contributed by atoms with Crippen molar-refractivity contribution in [2.45, 2.75) is 51.4 Å². The molecule has 0 spiro atoms. The highest BCUT2D eigenvalue weighted by molar-refractivity contribution is 6.42. The lowest BCUT2D eigenvalue weighted by molar-refractivity contribution is 0.0975. The monoisotopic (exact) mass is 480 g/mol. The molecule has 1 aromatic rings. The van der Waals surface area contributed by atoms with Gasteiger partial charge < -0.3 is 15.1 Å². The highest BCUT2D eigenvalue weighted by Crippen LogP contribution is 2.28. The Morgan fingerprint density at radius 3 is 2.38 bits per heavy atom. The zero-order valence-electron chi connectivity index (χ0n) is 19.2. The van der Waals surface area contributed by atoms with E-state index < -0.39 is 0 Å². The van der Waals surface area contributed by atoms with Gasteiger partial charge in [-0.3, -0.25) is 4.90 Å². The molecule has 3 aliphatic rings. The summed E-state index contributed by atoms with van der Waals surface area (Å²) in [4.78, 5) is 19.8. The molecular formula is C25H38Cl2N4O. The molecule has 0 radical (unpaired) electrons. The number of carbonyl (C=O) groups excluding carboxylic acids is 1. The Hall–Kier alpha value is -1.01. The molecule has 2 amide bonds. The van der Waals surface area contributed by atoms with Gasteiger partial charge in [0.1, 0.15) is 0 Å². The third-order valence-corrected chi connectivity index (χ3v) is 8.27. The topological polar surface area (TPSA) is 38.8 Å². The minimum Gasteiger partial charge on any atom is -0.322 e. The standard InChI is InChI=1S/C25H38Cl2N4O/c26-23-9-8-22(17-24(23)27)28-25(32)31-15-13-30(14-16-31)19-21-7-4-11-29(18-21)12-10-20-5-2-1-3-6-20/h8-9,17,20-21H,1-7,10-16,18-19H2,(H,28,32)/t21-/m1/s1. The number of anilines is 1. The minimum atomic E-state index is -0.0606. The van der Waals surface area contributed by atoms with E-state index in [1.807, 2.05) is 4.90 Å². The molecule has 32 heavy (non-hydrogen) atoms. The van der Waals surface area contributed by atoms with Crippen molar-refractivity contribution >= 4 is 34.9 Å². The van der Waals surface area contributed by atoms with Gasteiger partial charge in [0.25, 0.3) is 0 Å². The third-order valence-electron chi connectivity index (χ3n) is 7.53. The number of likely N-dealkylation sites (tertiary alicyclic amines) is 1. The van der Waals surface area contributed by atoms with E-state index in [1.54, 1.807) is 18.2 Å². The number of hydrogen-bond acceptors (Lipinski definition) is 3. The largest absolute Gasteiger partial charge is 0.322 e. The van der Waals surface area contributed by atoms with Crippen LogP contribution in [-0.4, -0.2) is 73.1 Å². The number of urea groups is 1. The minimum absolute atomic E-state index is 0.0606. The van der Waals surface area contributed by atoms with E-state index in [-0.39, 0.29) is 6.03 Å². The molecule has 5 nitrogen and oxygen atoms in total. The van der Waals surface area contributed by atoms with E-state index in [4.69, 9.17) is 23.2 Å². The Morgan fingerprint density at radius 1 is 0.875 bits per heavy atom. The van der Waals surface area contributed by atoms with Gasteiger partial charge >= 0.3 is 6.03 Å². The number of carbonyl (C=O) groups is 1. The van der Waals surface area contributed by atoms with Crippen LogP contribution in [0.1, 0.15) is 51.4 Å². The first-order valence-corrected chi connectivity index (χ1v) is 13.3. The maximum atomic E-state index is 12.6. The Labute approximate surface area is 203 Å². The first-order valence-electron chi connectivity index (χ1n) is 12.5. The second-order valence-corrected chi connectivity index (χ2v) is 10.8. The summed E-state index contributed by atoms with van der Waals surface area (Å²) in [5.74, 6) is 1.75. The van der Waals surface area contributed by atoms with Crippen molar-refractivity contribution in [1.82, 2.24) is 14.7 Å². The van der Waals surface area contributed by atoms with Crippen LogP contribution in [0.15, 0.2) is 18.2 Å². The quantitative estimate of drug-likeness (QED) is 0.556. The van der Waals surface area contributed by atoms with Crippen LogP contribution in [0.4, 0.5) is 10.5 Å². The second kappa shape index (κ2) is 11.9. The molecule has 7 heteroatoms. The van der Waals surface area contributed by atoms with Crippen LogP contribution in [0.5, 0.6) is 0 Å². The summed E-state index contributed by atoms with van der Waals surface area (Å²) in [7, 11) is 0. The summed E-state index contributed by atoms with van der Waals surface area (Å²) in [6.07, 6.45) is 11.3. The van der Waals surface area contributed by atoms with Crippen LogP contribution in [0, 0.1) is 11.8 Å². The summed E-state index contributed by atoms with van der Waals surface area (Å²) >= 11 is 12.0. The number of amides is 2. The Morgan fingerprint density at radius 2 is 1.62 bits per heavy atom. The lowest BCUT2D eigenvalue weighted by atomic mass is 9.86. The van der Waals surface area contributed by atoms with Crippen molar-refractivity contribution in [3.8, 4) is 0 Å². The van der Waals surface area contributed by atoms with Crippen LogP contribution >= 0.6 is 23.2 Å². The van der Waals surface area contributed by atoms with Crippen LogP contribution in [0.3, 0.4) is 0 Å². The molecule has 0 aromatic heterocycles. The van der Waals surface area contributed by atoms with Gasteiger partial charge in [-0.25, -0.2) is 4.79 Å². The van der Waals surface area contributed by atoms with Crippen molar-refractivity contribution in [1.29, 1.82) is 0 Å². The molecule has 2 aliphatic heterocycles. The summed E-state index contributed by atoms with van der Waals surface area (Å²) in [6.45, 7) is 8.44. The van der Waals surface area contributed by atoms with Gasteiger partial charge in [-0.1, -0.05) is 55.3 Å². The van der Waals surface area contributed by atoms with Gasteiger partial charge in [-0.05, 0) is 62.4 Å². The number of hydrogen-bond donors (Lipinski definition) is 1. The average molecular weight is 482 g/mol. The fraction of sp³-hybridized carbons (Fsp3) is 0.720. The Balaban J connectivity index is 1.16. The summed E-state index contributed by atoms with van der Waals surface area (Å²) in [6, 6.07) is 5.13. The molecule has 1 aliphatic carbocycles. The fourth-order valence-corrected chi connectivity index (χ4v) is 5.92. The van der Waals surface area contributed by atoms with Crippen LogP contribution in [0.25, 0.3) is 0 Å². The van der Waals surface area contributed by atoms with Crippen molar-refractivity contribution < 1.29 is 4.79 Å². The first-order chi connectivity index (χ1) is 15.6. The van der Waals surface area contributed by atoms with E-state index >= 15 is 0 Å². The van der Waals surface area contributed by atoms with E-state index in [0.29, 0.717) is 15.7 Å². The van der Waals surface area contributed by atoms with Gasteiger partial charge in [-0.15, -0.1) is 0 Å². The highest BCUT2D eigenvalue weighted by atomic mass is 35.5. The lowest BCUT2D eigenvalue weighted by Gasteiger charge is -2.39. The molecule has 2 heterocycles. The summed E-state index contributed by atoms with van der Waals surface area (Å²) in [5, 5.41) is 3.89. The molecule has 3 fully saturated rings. The molecule has 0 bridgehead atoms. The van der Waals surface area contributed by atoms with Crippen LogP contribution < -0.4 is 5.32 Å². The van der Waals surface area contributed by atoms with Gasteiger partial charge in [-0.2, -0.15) is 0 Å². The summed E-state index contributed by atoms with van der Waals surface area (Å²) in [5.41, 5.74) is 0.683. The maximum absolute atomic E-state index is 12.6. The van der Waals surface area contributed by atoms with E-state index in [2.05, 4.69) is 15.1 Å². The van der Waals surface area contributed by atoms with Crippen molar-refractivity contribution in [3.63, 3.8) is 0 Å². The molecular weight excluding hydrogens is 443 g/mol. The molecule has 1 N–H and O–H groups in total. The number of piperazine rings is 1. The predicted octanol–water partition coefficient (Wildman–Crippen LogP) is 5.83. The highest BCUT2D eigenvalue weighted by Gasteiger charge is 2.26.